The first-order valence-corrected chi connectivity index (χ1v) is 5.92. The summed E-state index contributed by atoms with van der Waals surface area (Å²) in [5, 5.41) is 2.83. The number of hydrogen-bond acceptors (Lipinski definition) is 2. The lowest BCUT2D eigenvalue weighted by Crippen LogP contribution is -2.16. The summed E-state index contributed by atoms with van der Waals surface area (Å²) in [5.41, 5.74) is 2.39. The summed E-state index contributed by atoms with van der Waals surface area (Å²) in [6, 6.07) is 5.47. The van der Waals surface area contributed by atoms with Crippen LogP contribution in [0.15, 0.2) is 35.1 Å². The third-order valence-electron chi connectivity index (χ3n) is 2.63. The summed E-state index contributed by atoms with van der Waals surface area (Å²) in [7, 11) is 1.87. The lowest BCUT2D eigenvalue weighted by Gasteiger charge is -2.08. The molecule has 0 aromatic carbocycles. The van der Waals surface area contributed by atoms with Gasteiger partial charge in [0.1, 0.15) is 5.69 Å². The summed E-state index contributed by atoms with van der Waals surface area (Å²) >= 11 is 3.34. The molecule has 0 bridgehead atoms. The van der Waals surface area contributed by atoms with Gasteiger partial charge >= 0.3 is 0 Å². The zero-order chi connectivity index (χ0) is 12.4. The van der Waals surface area contributed by atoms with Gasteiger partial charge in [0.05, 0.1) is 10.2 Å². The van der Waals surface area contributed by atoms with Crippen molar-refractivity contribution in [3.05, 3.63) is 46.5 Å². The monoisotopic (exact) mass is 293 g/mol. The zero-order valence-corrected chi connectivity index (χ0v) is 11.2. The van der Waals surface area contributed by atoms with Crippen LogP contribution in [0, 0.1) is 6.92 Å². The number of aromatic nitrogens is 2. The smallest absolute Gasteiger partial charge is 0.272 e. The normalized spacial score (nSPS) is 10.3. The van der Waals surface area contributed by atoms with Crippen molar-refractivity contribution in [1.29, 1.82) is 0 Å². The van der Waals surface area contributed by atoms with Crippen molar-refractivity contribution in [2.75, 3.05) is 5.32 Å². The fourth-order valence-corrected chi connectivity index (χ4v) is 1.85. The van der Waals surface area contributed by atoms with Crippen molar-refractivity contribution >= 4 is 27.5 Å². The molecule has 1 amide bonds. The van der Waals surface area contributed by atoms with Gasteiger partial charge in [0.15, 0.2) is 0 Å². The highest BCUT2D eigenvalue weighted by Gasteiger charge is 2.12. The molecule has 1 N–H and O–H groups in total. The summed E-state index contributed by atoms with van der Waals surface area (Å²) in [5.74, 6) is -0.132. The van der Waals surface area contributed by atoms with Gasteiger partial charge in [0.25, 0.3) is 5.91 Å². The molecule has 0 saturated heterocycles. The predicted octanol–water partition coefficient (Wildman–Crippen LogP) is 2.74. The standard InChI is InChI=1S/C12H12BrN3O/c1-8-3-4-11(16(8)2)12(17)15-10-5-6-14-7-9(10)13/h3-7H,1-2H3,(H,14,15,17). The van der Waals surface area contributed by atoms with E-state index in [1.165, 1.54) is 0 Å². The lowest BCUT2D eigenvalue weighted by atomic mass is 10.3. The molecule has 0 aliphatic rings. The second kappa shape index (κ2) is 4.71. The van der Waals surface area contributed by atoms with Crippen LogP contribution in [0.25, 0.3) is 0 Å². The van der Waals surface area contributed by atoms with E-state index in [1.807, 2.05) is 24.6 Å². The van der Waals surface area contributed by atoms with E-state index in [1.54, 1.807) is 24.5 Å². The van der Waals surface area contributed by atoms with Crippen LogP contribution in [0.2, 0.25) is 0 Å². The molecule has 0 aliphatic carbocycles. The number of nitrogens with one attached hydrogen (secondary N) is 1. The van der Waals surface area contributed by atoms with Crippen molar-refractivity contribution in [2.24, 2.45) is 7.05 Å². The minimum Gasteiger partial charge on any atom is -0.344 e. The predicted molar refractivity (Wildman–Crippen MR) is 70.0 cm³/mol. The van der Waals surface area contributed by atoms with E-state index in [2.05, 4.69) is 26.2 Å². The van der Waals surface area contributed by atoms with E-state index < -0.39 is 0 Å². The first-order valence-electron chi connectivity index (χ1n) is 5.13. The fraction of sp³-hybridized carbons (Fsp3) is 0.167. The molecule has 0 atom stereocenters. The molecule has 0 saturated carbocycles. The molecule has 4 nitrogen and oxygen atoms in total. The van der Waals surface area contributed by atoms with Crippen molar-refractivity contribution in [3.63, 3.8) is 0 Å². The number of carbonyl (C=O) groups is 1. The minimum atomic E-state index is -0.132. The molecular formula is C12H12BrN3O. The van der Waals surface area contributed by atoms with Gasteiger partial charge < -0.3 is 9.88 Å². The quantitative estimate of drug-likeness (QED) is 0.925. The summed E-state index contributed by atoms with van der Waals surface area (Å²) in [6.07, 6.45) is 3.28. The van der Waals surface area contributed by atoms with Gasteiger partial charge in [0.2, 0.25) is 0 Å². The summed E-state index contributed by atoms with van der Waals surface area (Å²) in [6.45, 7) is 1.96. The highest BCUT2D eigenvalue weighted by Crippen LogP contribution is 2.20. The van der Waals surface area contributed by atoms with Crippen molar-refractivity contribution < 1.29 is 4.79 Å². The van der Waals surface area contributed by atoms with Crippen molar-refractivity contribution in [2.45, 2.75) is 6.92 Å². The largest absolute Gasteiger partial charge is 0.344 e. The minimum absolute atomic E-state index is 0.132. The molecule has 2 heterocycles. The lowest BCUT2D eigenvalue weighted by molar-refractivity contribution is 0.101. The van der Waals surface area contributed by atoms with Crippen LogP contribution in [0.3, 0.4) is 0 Å². The Balaban J connectivity index is 2.23. The molecule has 0 radical (unpaired) electrons. The van der Waals surface area contributed by atoms with Crippen molar-refractivity contribution in [3.8, 4) is 0 Å². The van der Waals surface area contributed by atoms with Crippen LogP contribution in [-0.2, 0) is 7.05 Å². The molecule has 5 heteroatoms. The van der Waals surface area contributed by atoms with E-state index >= 15 is 0 Å². The number of nitrogens with zero attached hydrogens (tertiary/aromatic N) is 2. The van der Waals surface area contributed by atoms with Gasteiger partial charge in [-0.25, -0.2) is 0 Å². The Hall–Kier alpha value is -1.62. The first kappa shape index (κ1) is 11.9. The molecule has 0 fully saturated rings. The fourth-order valence-electron chi connectivity index (χ4n) is 1.50. The second-order valence-electron chi connectivity index (χ2n) is 3.73. The number of carbonyl (C=O) groups excluding carboxylic acids is 1. The average molecular weight is 294 g/mol. The second-order valence-corrected chi connectivity index (χ2v) is 4.58. The molecule has 2 aromatic heterocycles. The van der Waals surface area contributed by atoms with Crippen LogP contribution in [-0.4, -0.2) is 15.5 Å². The number of amides is 1. The molecule has 17 heavy (non-hydrogen) atoms. The maximum absolute atomic E-state index is 12.0. The van der Waals surface area contributed by atoms with E-state index in [9.17, 15) is 4.79 Å². The zero-order valence-electron chi connectivity index (χ0n) is 9.57. The summed E-state index contributed by atoms with van der Waals surface area (Å²) < 4.78 is 2.61. The van der Waals surface area contributed by atoms with Crippen molar-refractivity contribution in [1.82, 2.24) is 9.55 Å². The average Bonchev–Trinajstić information content (AvgIpc) is 2.63. The highest BCUT2D eigenvalue weighted by atomic mass is 79.9. The molecule has 2 aromatic rings. The Labute approximate surface area is 108 Å². The number of pyridine rings is 1. The molecule has 0 aliphatic heterocycles. The number of anilines is 1. The van der Waals surface area contributed by atoms with E-state index in [4.69, 9.17) is 0 Å². The van der Waals surface area contributed by atoms with Gasteiger partial charge in [-0.3, -0.25) is 9.78 Å². The van der Waals surface area contributed by atoms with Gasteiger partial charge in [-0.2, -0.15) is 0 Å². The highest BCUT2D eigenvalue weighted by molar-refractivity contribution is 9.10. The Kier molecular flexibility index (Phi) is 3.28. The number of hydrogen-bond donors (Lipinski definition) is 1. The maximum Gasteiger partial charge on any atom is 0.272 e. The van der Waals surface area contributed by atoms with Gasteiger partial charge in [-0.1, -0.05) is 0 Å². The molecule has 2 rings (SSSR count). The third kappa shape index (κ3) is 2.39. The molecule has 88 valence electrons. The van der Waals surface area contributed by atoms with Crippen LogP contribution < -0.4 is 5.32 Å². The van der Waals surface area contributed by atoms with Crippen LogP contribution in [0.5, 0.6) is 0 Å². The Morgan fingerprint density at radius 1 is 1.41 bits per heavy atom. The topological polar surface area (TPSA) is 46.9 Å². The summed E-state index contributed by atoms with van der Waals surface area (Å²) in [4.78, 5) is 16.0. The SMILES string of the molecule is Cc1ccc(C(=O)Nc2ccncc2Br)n1C. The Bertz CT molecular complexity index is 563. The number of halogens is 1. The van der Waals surface area contributed by atoms with Gasteiger partial charge in [-0.15, -0.1) is 0 Å². The molecule has 0 spiro atoms. The number of aryl methyl sites for hydroxylation is 1. The van der Waals surface area contributed by atoms with Crippen LogP contribution >= 0.6 is 15.9 Å². The van der Waals surface area contributed by atoms with E-state index in [0.717, 1.165) is 10.2 Å². The maximum atomic E-state index is 12.0. The van der Waals surface area contributed by atoms with Gasteiger partial charge in [0, 0.05) is 25.1 Å². The molecule has 0 unspecified atom stereocenters. The molecular weight excluding hydrogens is 282 g/mol. The van der Waals surface area contributed by atoms with Gasteiger partial charge in [-0.05, 0) is 41.1 Å². The van der Waals surface area contributed by atoms with E-state index in [-0.39, 0.29) is 5.91 Å². The third-order valence-corrected chi connectivity index (χ3v) is 3.26. The van der Waals surface area contributed by atoms with E-state index in [0.29, 0.717) is 11.4 Å². The Morgan fingerprint density at radius 2 is 2.18 bits per heavy atom. The van der Waals surface area contributed by atoms with Crippen LogP contribution in [0.1, 0.15) is 16.2 Å². The Morgan fingerprint density at radius 3 is 2.76 bits per heavy atom. The van der Waals surface area contributed by atoms with Crippen LogP contribution in [0.4, 0.5) is 5.69 Å². The number of rotatable bonds is 2. The first-order chi connectivity index (χ1) is 8.09.